The van der Waals surface area contributed by atoms with Crippen LogP contribution in [-0.2, 0) is 0 Å². The number of anilines is 3. The standard InChI is InChI=1S/C11H9BrF2N4/c1-15-11-16-5-7(12)10(18-11)17-9-3-2-6(13)4-8(9)14/h2-5H,1H3,(H2,15,16,17,18). The number of rotatable bonds is 3. The second kappa shape index (κ2) is 5.26. The molecule has 0 spiro atoms. The molecule has 1 aromatic carbocycles. The average Bonchev–Trinajstić information content (AvgIpc) is 2.35. The molecule has 0 atom stereocenters. The number of hydrogen-bond acceptors (Lipinski definition) is 4. The van der Waals surface area contributed by atoms with E-state index in [4.69, 9.17) is 0 Å². The molecule has 0 saturated carbocycles. The molecule has 2 aromatic rings. The number of halogens is 3. The first-order valence-corrected chi connectivity index (χ1v) is 5.82. The lowest BCUT2D eigenvalue weighted by Gasteiger charge is -2.09. The van der Waals surface area contributed by atoms with Gasteiger partial charge in [0, 0.05) is 19.3 Å². The zero-order valence-corrected chi connectivity index (χ0v) is 10.9. The number of hydrogen-bond donors (Lipinski definition) is 2. The third-order valence-electron chi connectivity index (χ3n) is 2.15. The quantitative estimate of drug-likeness (QED) is 0.912. The lowest BCUT2D eigenvalue weighted by Crippen LogP contribution is -2.02. The van der Waals surface area contributed by atoms with Crippen molar-refractivity contribution >= 4 is 33.4 Å². The van der Waals surface area contributed by atoms with Gasteiger partial charge in [0.05, 0.1) is 10.2 Å². The van der Waals surface area contributed by atoms with Gasteiger partial charge >= 0.3 is 0 Å². The topological polar surface area (TPSA) is 49.8 Å². The van der Waals surface area contributed by atoms with Gasteiger partial charge in [-0.05, 0) is 28.1 Å². The number of aromatic nitrogens is 2. The second-order valence-electron chi connectivity index (χ2n) is 3.39. The van der Waals surface area contributed by atoms with Crippen LogP contribution in [0.25, 0.3) is 0 Å². The average molecular weight is 315 g/mol. The molecule has 0 bridgehead atoms. The van der Waals surface area contributed by atoms with E-state index in [9.17, 15) is 8.78 Å². The molecule has 2 N–H and O–H groups in total. The Morgan fingerprint density at radius 3 is 2.72 bits per heavy atom. The van der Waals surface area contributed by atoms with Gasteiger partial charge in [0.2, 0.25) is 5.95 Å². The van der Waals surface area contributed by atoms with Gasteiger partial charge < -0.3 is 10.6 Å². The third kappa shape index (κ3) is 2.73. The molecule has 0 aliphatic heterocycles. The van der Waals surface area contributed by atoms with Crippen LogP contribution >= 0.6 is 15.9 Å². The minimum atomic E-state index is -0.688. The first kappa shape index (κ1) is 12.7. The van der Waals surface area contributed by atoms with Crippen molar-refractivity contribution in [3.05, 3.63) is 40.5 Å². The highest BCUT2D eigenvalue weighted by atomic mass is 79.9. The summed E-state index contributed by atoms with van der Waals surface area (Å²) in [6.45, 7) is 0. The van der Waals surface area contributed by atoms with Crippen LogP contribution in [0.1, 0.15) is 0 Å². The van der Waals surface area contributed by atoms with Crippen molar-refractivity contribution in [1.29, 1.82) is 0 Å². The van der Waals surface area contributed by atoms with Crippen molar-refractivity contribution in [1.82, 2.24) is 9.97 Å². The van der Waals surface area contributed by atoms with Gasteiger partial charge in [-0.15, -0.1) is 0 Å². The fourth-order valence-corrected chi connectivity index (χ4v) is 1.58. The van der Waals surface area contributed by atoms with Crippen LogP contribution in [0.5, 0.6) is 0 Å². The van der Waals surface area contributed by atoms with E-state index in [1.165, 1.54) is 18.3 Å². The summed E-state index contributed by atoms with van der Waals surface area (Å²) in [4.78, 5) is 8.08. The molecule has 0 radical (unpaired) electrons. The smallest absolute Gasteiger partial charge is 0.224 e. The Kier molecular flexibility index (Phi) is 3.71. The first-order chi connectivity index (χ1) is 8.60. The summed E-state index contributed by atoms with van der Waals surface area (Å²) in [7, 11) is 1.67. The van der Waals surface area contributed by atoms with Crippen molar-refractivity contribution in [2.45, 2.75) is 0 Å². The highest BCUT2D eigenvalue weighted by Gasteiger charge is 2.08. The van der Waals surface area contributed by atoms with E-state index >= 15 is 0 Å². The Balaban J connectivity index is 2.33. The third-order valence-corrected chi connectivity index (χ3v) is 2.73. The maximum atomic E-state index is 13.5. The normalized spacial score (nSPS) is 10.2. The Labute approximate surface area is 111 Å². The molecule has 0 aliphatic carbocycles. The van der Waals surface area contributed by atoms with Crippen LogP contribution in [0.3, 0.4) is 0 Å². The van der Waals surface area contributed by atoms with Gasteiger partial charge in [0.25, 0.3) is 0 Å². The van der Waals surface area contributed by atoms with Crippen LogP contribution in [-0.4, -0.2) is 17.0 Å². The van der Waals surface area contributed by atoms with Crippen LogP contribution in [0.2, 0.25) is 0 Å². The van der Waals surface area contributed by atoms with Gasteiger partial charge in [0.15, 0.2) is 0 Å². The maximum Gasteiger partial charge on any atom is 0.224 e. The summed E-state index contributed by atoms with van der Waals surface area (Å²) in [6.07, 6.45) is 1.53. The molecule has 0 amide bonds. The van der Waals surface area contributed by atoms with Gasteiger partial charge in [-0.1, -0.05) is 0 Å². The predicted octanol–water partition coefficient (Wildman–Crippen LogP) is 3.30. The van der Waals surface area contributed by atoms with Gasteiger partial charge in [0.1, 0.15) is 17.5 Å². The van der Waals surface area contributed by atoms with Crippen molar-refractivity contribution in [2.24, 2.45) is 0 Å². The molecule has 1 aromatic heterocycles. The van der Waals surface area contributed by atoms with E-state index in [0.717, 1.165) is 6.07 Å². The molecule has 0 fully saturated rings. The molecule has 18 heavy (non-hydrogen) atoms. The van der Waals surface area contributed by atoms with Crippen molar-refractivity contribution in [3.8, 4) is 0 Å². The highest BCUT2D eigenvalue weighted by molar-refractivity contribution is 9.10. The fourth-order valence-electron chi connectivity index (χ4n) is 1.29. The molecule has 0 aliphatic rings. The monoisotopic (exact) mass is 314 g/mol. The molecule has 94 valence electrons. The highest BCUT2D eigenvalue weighted by Crippen LogP contribution is 2.25. The molecular weight excluding hydrogens is 306 g/mol. The van der Waals surface area contributed by atoms with Gasteiger partial charge in [-0.25, -0.2) is 13.8 Å². The summed E-state index contributed by atoms with van der Waals surface area (Å²) in [5.74, 6) is -0.537. The second-order valence-corrected chi connectivity index (χ2v) is 4.24. The summed E-state index contributed by atoms with van der Waals surface area (Å²) in [5, 5.41) is 5.53. The summed E-state index contributed by atoms with van der Waals surface area (Å²) in [6, 6.07) is 3.27. The summed E-state index contributed by atoms with van der Waals surface area (Å²) < 4.78 is 26.8. The SMILES string of the molecule is CNc1ncc(Br)c(Nc2ccc(F)cc2F)n1. The molecule has 1 heterocycles. The lowest BCUT2D eigenvalue weighted by molar-refractivity contribution is 0.586. The predicted molar refractivity (Wildman–Crippen MR) is 68.9 cm³/mol. The number of nitrogens with zero attached hydrogens (tertiary/aromatic N) is 2. The van der Waals surface area contributed by atoms with Crippen LogP contribution in [0.4, 0.5) is 26.2 Å². The van der Waals surface area contributed by atoms with Crippen LogP contribution in [0, 0.1) is 11.6 Å². The maximum absolute atomic E-state index is 13.5. The van der Waals surface area contributed by atoms with Crippen LogP contribution in [0.15, 0.2) is 28.9 Å². The van der Waals surface area contributed by atoms with Crippen molar-refractivity contribution in [3.63, 3.8) is 0 Å². The summed E-state index contributed by atoms with van der Waals surface area (Å²) >= 11 is 3.24. The molecule has 2 rings (SSSR count). The van der Waals surface area contributed by atoms with E-state index in [1.807, 2.05) is 0 Å². The minimum absolute atomic E-state index is 0.137. The fraction of sp³-hybridized carbons (Fsp3) is 0.0909. The van der Waals surface area contributed by atoms with Crippen molar-refractivity contribution in [2.75, 3.05) is 17.7 Å². The van der Waals surface area contributed by atoms with E-state index in [0.29, 0.717) is 16.2 Å². The zero-order chi connectivity index (χ0) is 13.1. The van der Waals surface area contributed by atoms with Gasteiger partial charge in [-0.3, -0.25) is 0 Å². The minimum Gasteiger partial charge on any atom is -0.357 e. The van der Waals surface area contributed by atoms with Crippen LogP contribution < -0.4 is 10.6 Å². The summed E-state index contributed by atoms with van der Waals surface area (Å²) in [5.41, 5.74) is 0.137. The Bertz CT molecular complexity index is 577. The largest absolute Gasteiger partial charge is 0.357 e. The molecule has 0 saturated heterocycles. The zero-order valence-electron chi connectivity index (χ0n) is 9.34. The number of nitrogens with one attached hydrogen (secondary N) is 2. The Hall–Kier alpha value is -1.76. The Morgan fingerprint density at radius 1 is 1.28 bits per heavy atom. The molecule has 0 unspecified atom stereocenters. The first-order valence-electron chi connectivity index (χ1n) is 5.02. The van der Waals surface area contributed by atoms with E-state index in [1.54, 1.807) is 7.05 Å². The van der Waals surface area contributed by atoms with E-state index in [2.05, 4.69) is 36.5 Å². The lowest BCUT2D eigenvalue weighted by atomic mass is 10.3. The Morgan fingerprint density at radius 2 is 2.06 bits per heavy atom. The molecule has 4 nitrogen and oxygen atoms in total. The van der Waals surface area contributed by atoms with E-state index in [-0.39, 0.29) is 5.69 Å². The molecule has 7 heteroatoms. The molecular formula is C11H9BrF2N4. The van der Waals surface area contributed by atoms with E-state index < -0.39 is 11.6 Å². The number of benzene rings is 1. The van der Waals surface area contributed by atoms with Gasteiger partial charge in [-0.2, -0.15) is 4.98 Å². The van der Waals surface area contributed by atoms with Crippen molar-refractivity contribution < 1.29 is 8.78 Å².